The van der Waals surface area contributed by atoms with Gasteiger partial charge in [-0.2, -0.15) is 0 Å². The van der Waals surface area contributed by atoms with E-state index < -0.39 is 67.7 Å². The molecule has 0 saturated heterocycles. The van der Waals surface area contributed by atoms with Crippen molar-refractivity contribution in [2.75, 3.05) is 26.2 Å². The summed E-state index contributed by atoms with van der Waals surface area (Å²) in [6.45, 7) is 13.4. The van der Waals surface area contributed by atoms with Gasteiger partial charge >= 0.3 is 11.9 Å². The molecule has 2 aromatic carbocycles. The smallest absolute Gasteiger partial charge is 0.306 e. The van der Waals surface area contributed by atoms with Crippen LogP contribution in [0.2, 0.25) is 0 Å². The fourth-order valence-corrected chi connectivity index (χ4v) is 13.1. The van der Waals surface area contributed by atoms with Crippen molar-refractivity contribution < 1.29 is 63.7 Å². The SMILES string of the molecule is CCCCCCCCCCCCCCCC(=O)OCC(OC(=O)CCCCCCCCCCCCCCC)C(=O)P(=O)([O-])ONS(=O)(=O)c1ccc(-c2c3ccc(=[N+](CC)CC)cc-3oc3cc(C(C)NCC)ccc23)c(S(=O)(=O)[O-])c1. The molecule has 1 aliphatic carbocycles. The first-order valence-corrected chi connectivity index (χ1v) is 35.1. The molecule has 0 fully saturated rings. The van der Waals surface area contributed by atoms with E-state index in [4.69, 9.17) is 13.9 Å². The molecule has 1 heterocycles. The molecule has 3 atom stereocenters. The fraction of sp³-hybridized carbons (Fsp3) is 0.645. The Hall–Kier alpha value is -4.33. The van der Waals surface area contributed by atoms with Gasteiger partial charge in [0.2, 0.25) is 24.6 Å². The standard InChI is InChI=1S/C62H96N3O14PS2/c1-7-12-14-16-18-20-22-24-26-28-30-32-34-36-59(66)76-47-57(78-60(67)37-35-33-31-29-27-25-23-21-19-17-15-13-8-2)62(68)80(69,70)79-64-81(71,72)51-40-43-54(58(46-51)82(73,74)75)61-52-41-38-49(48(6)63-9-3)44-55(52)77-56-45-50(39-42-53(56)61)65(10-4)11-5/h38-46,48,57,63-64H,7-37,47H2,1-6H3,(H-,69,70,73,74,75)/p-1. The lowest BCUT2D eigenvalue weighted by atomic mass is 9.92. The molecular formula is C62H95N3O14PS2-. The zero-order chi connectivity index (χ0) is 60.0. The van der Waals surface area contributed by atoms with Crippen LogP contribution in [0.3, 0.4) is 0 Å². The number of carbonyl (C=O) groups is 3. The van der Waals surface area contributed by atoms with Crippen molar-refractivity contribution in [2.24, 2.45) is 0 Å². The van der Waals surface area contributed by atoms with E-state index in [1.54, 1.807) is 24.3 Å². The lowest BCUT2D eigenvalue weighted by molar-refractivity contribution is -0.205. The molecule has 1 aliphatic heterocycles. The second kappa shape index (κ2) is 37.2. The number of unbranched alkanes of at least 4 members (excludes halogenated alkanes) is 24. The molecule has 2 aromatic rings. The highest BCUT2D eigenvalue weighted by atomic mass is 32.2. The van der Waals surface area contributed by atoms with Gasteiger partial charge in [-0.05, 0) is 70.0 Å². The number of ether oxygens (including phenoxy) is 2. The van der Waals surface area contributed by atoms with Gasteiger partial charge < -0.3 is 28.7 Å². The Labute approximate surface area is 489 Å². The van der Waals surface area contributed by atoms with E-state index in [9.17, 15) is 45.2 Å². The Bertz CT molecular complexity index is 2920. The number of hydrogen-bond donors (Lipinski definition) is 2. The predicted octanol–water partition coefficient (Wildman–Crippen LogP) is 13.3. The maximum atomic E-state index is 13.8. The molecule has 82 heavy (non-hydrogen) atoms. The third-order valence-corrected chi connectivity index (χ3v) is 18.5. The molecule has 3 unspecified atom stereocenters. The third-order valence-electron chi connectivity index (χ3n) is 15.1. The lowest BCUT2D eigenvalue weighted by Crippen LogP contribution is -2.37. The van der Waals surface area contributed by atoms with Gasteiger partial charge in [0.1, 0.15) is 41.2 Å². The average Bonchev–Trinajstić information content (AvgIpc) is 3.51. The van der Waals surface area contributed by atoms with Crippen LogP contribution in [-0.2, 0) is 53.2 Å². The van der Waals surface area contributed by atoms with Crippen molar-refractivity contribution >= 4 is 56.2 Å². The molecule has 0 saturated carbocycles. The van der Waals surface area contributed by atoms with E-state index in [1.165, 1.54) is 94.8 Å². The fourth-order valence-electron chi connectivity index (χ4n) is 10.3. The molecule has 17 nitrogen and oxygen atoms in total. The number of sulfonamides is 1. The van der Waals surface area contributed by atoms with Crippen LogP contribution < -0.4 is 25.0 Å². The summed E-state index contributed by atoms with van der Waals surface area (Å²) in [5, 5.41) is 4.58. The summed E-state index contributed by atoms with van der Waals surface area (Å²) in [6.07, 6.45) is 25.7. The molecule has 20 heteroatoms. The molecule has 0 bridgehead atoms. The second-order valence-electron chi connectivity index (χ2n) is 21.6. The Morgan fingerprint density at radius 2 is 1.13 bits per heavy atom. The van der Waals surface area contributed by atoms with Crippen molar-refractivity contribution in [1.29, 1.82) is 0 Å². The van der Waals surface area contributed by atoms with E-state index in [1.807, 2.05) is 39.8 Å². The number of nitrogens with one attached hydrogen (secondary N) is 2. The summed E-state index contributed by atoms with van der Waals surface area (Å²) in [4.78, 5) is 52.7. The van der Waals surface area contributed by atoms with Crippen LogP contribution >= 0.6 is 7.60 Å². The number of hydrogen-bond acceptors (Lipinski definition) is 15. The molecule has 460 valence electrons. The summed E-state index contributed by atoms with van der Waals surface area (Å²) < 4.78 is 104. The van der Waals surface area contributed by atoms with Gasteiger partial charge in [-0.25, -0.2) is 26.0 Å². The van der Waals surface area contributed by atoms with Crippen molar-refractivity contribution in [3.8, 4) is 22.5 Å². The maximum absolute atomic E-state index is 13.8. The Kier molecular flexibility index (Phi) is 31.8. The van der Waals surface area contributed by atoms with Crippen LogP contribution in [-0.4, -0.2) is 71.2 Å². The predicted molar refractivity (Wildman–Crippen MR) is 320 cm³/mol. The number of rotatable bonds is 44. The van der Waals surface area contributed by atoms with Crippen LogP contribution in [0, 0.1) is 0 Å². The van der Waals surface area contributed by atoms with E-state index in [0.29, 0.717) is 67.3 Å². The Balaban J connectivity index is 1.50. The highest BCUT2D eigenvalue weighted by Gasteiger charge is 2.36. The van der Waals surface area contributed by atoms with Gasteiger partial charge in [0.05, 0.1) is 15.9 Å². The van der Waals surface area contributed by atoms with Crippen molar-refractivity contribution in [3.05, 3.63) is 65.5 Å². The quantitative estimate of drug-likeness (QED) is 0.00794. The monoisotopic (exact) mass is 1200 g/mol. The summed E-state index contributed by atoms with van der Waals surface area (Å²) >= 11 is 0. The van der Waals surface area contributed by atoms with Gasteiger partial charge in [0.15, 0.2) is 0 Å². The zero-order valence-corrected chi connectivity index (χ0v) is 52.4. The van der Waals surface area contributed by atoms with Gasteiger partial charge in [0, 0.05) is 47.0 Å². The molecule has 0 radical (unpaired) electrons. The van der Waals surface area contributed by atoms with E-state index in [0.717, 1.165) is 80.8 Å². The summed E-state index contributed by atoms with van der Waals surface area (Å²) in [7, 11) is -16.7. The largest absolute Gasteiger partial charge is 0.772 e. The molecular weight excluding hydrogens is 1110 g/mol. The Morgan fingerprint density at radius 3 is 1.63 bits per heavy atom. The third kappa shape index (κ3) is 23.6. The molecule has 4 rings (SSSR count). The average molecular weight is 1200 g/mol. The van der Waals surface area contributed by atoms with Crippen LogP contribution in [0.4, 0.5) is 0 Å². The first-order chi connectivity index (χ1) is 39.3. The maximum Gasteiger partial charge on any atom is 0.306 e. The topological polar surface area (TPSA) is 251 Å². The number of esters is 2. The highest BCUT2D eigenvalue weighted by molar-refractivity contribution is 7.89. The molecule has 2 aliphatic rings. The normalized spacial score (nSPS) is 13.5. The van der Waals surface area contributed by atoms with Gasteiger partial charge in [-0.15, -0.1) is 0 Å². The van der Waals surface area contributed by atoms with Gasteiger partial charge in [0.25, 0.3) is 10.0 Å². The van der Waals surface area contributed by atoms with Crippen molar-refractivity contribution in [2.45, 2.75) is 243 Å². The van der Waals surface area contributed by atoms with Gasteiger partial charge in [-0.3, -0.25) is 18.9 Å². The molecule has 0 amide bonds. The van der Waals surface area contributed by atoms with Crippen LogP contribution in [0.5, 0.6) is 0 Å². The molecule has 0 aromatic heterocycles. The van der Waals surface area contributed by atoms with E-state index >= 15 is 0 Å². The van der Waals surface area contributed by atoms with E-state index in [2.05, 4.69) is 28.4 Å². The molecule has 2 N–H and O–H groups in total. The van der Waals surface area contributed by atoms with Crippen LogP contribution in [0.1, 0.15) is 233 Å². The van der Waals surface area contributed by atoms with Crippen LogP contribution in [0.25, 0.3) is 33.4 Å². The zero-order valence-electron chi connectivity index (χ0n) is 49.9. The molecule has 0 spiro atoms. The Morgan fingerprint density at radius 1 is 0.634 bits per heavy atom. The van der Waals surface area contributed by atoms with Crippen molar-refractivity contribution in [3.63, 3.8) is 0 Å². The highest BCUT2D eigenvalue weighted by Crippen LogP contribution is 2.44. The minimum atomic E-state index is -6.02. The van der Waals surface area contributed by atoms with E-state index in [-0.39, 0.29) is 30.0 Å². The lowest BCUT2D eigenvalue weighted by Gasteiger charge is -2.26. The van der Waals surface area contributed by atoms with Gasteiger partial charge in [-0.1, -0.05) is 198 Å². The number of nitrogens with zero attached hydrogens (tertiary/aromatic N) is 1. The van der Waals surface area contributed by atoms with Crippen LogP contribution in [0.15, 0.2) is 68.8 Å². The number of benzene rings is 3. The second-order valence-corrected chi connectivity index (χ2v) is 26.2. The summed E-state index contributed by atoms with van der Waals surface area (Å²) in [6, 6.07) is 13.3. The van der Waals surface area contributed by atoms with Crippen molar-refractivity contribution in [1.82, 2.24) is 14.8 Å². The number of carbonyl (C=O) groups excluding carboxylic acids is 3. The first kappa shape index (κ1) is 70.2. The summed E-state index contributed by atoms with van der Waals surface area (Å²) in [5.74, 6) is -1.33. The minimum Gasteiger partial charge on any atom is -0.772 e. The minimum absolute atomic E-state index is 0.0304. The first-order valence-electron chi connectivity index (χ1n) is 30.6. The summed E-state index contributed by atoms with van der Waals surface area (Å²) in [5.41, 5.74) is -0.180. The number of fused-ring (bicyclic) bond motifs is 2.